The zero-order chi connectivity index (χ0) is 22.9. The lowest BCUT2D eigenvalue weighted by molar-refractivity contribution is -0.137. The number of carbonyl (C=O) groups excluding carboxylic acids is 3. The van der Waals surface area contributed by atoms with Crippen LogP contribution in [0.3, 0.4) is 0 Å². The van der Waals surface area contributed by atoms with Gasteiger partial charge >= 0.3 is 6.18 Å². The third-order valence-corrected chi connectivity index (χ3v) is 5.56. The fourth-order valence-electron chi connectivity index (χ4n) is 3.26. The van der Waals surface area contributed by atoms with E-state index < -0.39 is 35.3 Å². The monoisotopic (exact) mass is 448 g/mol. The van der Waals surface area contributed by atoms with E-state index >= 15 is 0 Å². The highest BCUT2D eigenvalue weighted by Crippen LogP contribution is 2.33. The molecule has 0 atom stereocenters. The molecule has 1 aliphatic heterocycles. The highest BCUT2D eigenvalue weighted by molar-refractivity contribution is 8.18. The maximum absolute atomic E-state index is 12.7. The number of anilines is 1. The molecule has 0 aliphatic carbocycles. The summed E-state index contributed by atoms with van der Waals surface area (Å²) in [4.78, 5) is 38.1. The van der Waals surface area contributed by atoms with E-state index in [4.69, 9.17) is 0 Å². The van der Waals surface area contributed by atoms with Gasteiger partial charge in [0.15, 0.2) is 0 Å². The fraction of sp³-hybridized carbons (Fsp3) is 0.227. The highest BCUT2D eigenvalue weighted by atomic mass is 32.2. The standard InChI is InChI=1S/C22H19F3N2O3S/c1-12-8-13(2)19(14(3)9-12)26-18(28)11-27-20(29)17(31-21(27)30)10-15-4-6-16(7-5-15)22(23,24)25/h4-10H,11H2,1-3H3,(H,26,28)/b17-10-. The van der Waals surface area contributed by atoms with Crippen LogP contribution in [0.5, 0.6) is 0 Å². The Morgan fingerprint density at radius 3 is 2.19 bits per heavy atom. The van der Waals surface area contributed by atoms with Gasteiger partial charge in [-0.3, -0.25) is 19.3 Å². The maximum atomic E-state index is 12.7. The molecular weight excluding hydrogens is 429 g/mol. The van der Waals surface area contributed by atoms with Crippen molar-refractivity contribution in [2.45, 2.75) is 26.9 Å². The minimum Gasteiger partial charge on any atom is -0.324 e. The summed E-state index contributed by atoms with van der Waals surface area (Å²) in [6.07, 6.45) is -3.13. The molecule has 1 fully saturated rings. The SMILES string of the molecule is Cc1cc(C)c(NC(=O)CN2C(=O)S/C(=C\c3ccc(C(F)(F)F)cc3)C2=O)c(C)c1. The molecule has 0 unspecified atom stereocenters. The number of thioether (sulfide) groups is 1. The summed E-state index contributed by atoms with van der Waals surface area (Å²) in [7, 11) is 0. The largest absolute Gasteiger partial charge is 0.416 e. The number of halogens is 3. The van der Waals surface area contributed by atoms with Gasteiger partial charge in [-0.05, 0) is 67.4 Å². The van der Waals surface area contributed by atoms with Gasteiger partial charge in [0.25, 0.3) is 11.1 Å². The quantitative estimate of drug-likeness (QED) is 0.644. The van der Waals surface area contributed by atoms with Gasteiger partial charge in [-0.15, -0.1) is 0 Å². The number of imide groups is 1. The second-order valence-corrected chi connectivity index (χ2v) is 8.20. The van der Waals surface area contributed by atoms with E-state index in [0.717, 1.165) is 33.7 Å². The van der Waals surface area contributed by atoms with Gasteiger partial charge in [0.2, 0.25) is 5.91 Å². The van der Waals surface area contributed by atoms with E-state index in [0.29, 0.717) is 23.0 Å². The highest BCUT2D eigenvalue weighted by Gasteiger charge is 2.36. The Kier molecular flexibility index (Phi) is 6.26. The van der Waals surface area contributed by atoms with Crippen molar-refractivity contribution < 1.29 is 27.6 Å². The molecule has 0 saturated carbocycles. The van der Waals surface area contributed by atoms with Gasteiger partial charge in [0.05, 0.1) is 10.5 Å². The summed E-state index contributed by atoms with van der Waals surface area (Å²) in [5, 5.41) is 2.12. The van der Waals surface area contributed by atoms with E-state index in [1.165, 1.54) is 18.2 Å². The number of benzene rings is 2. The number of amides is 3. The van der Waals surface area contributed by atoms with Crippen molar-refractivity contribution in [2.24, 2.45) is 0 Å². The Labute approximate surface area is 181 Å². The Balaban J connectivity index is 1.72. The first-order chi connectivity index (χ1) is 14.5. The van der Waals surface area contributed by atoms with E-state index in [-0.39, 0.29) is 4.91 Å². The molecule has 1 N–H and O–H groups in total. The van der Waals surface area contributed by atoms with E-state index in [2.05, 4.69) is 5.32 Å². The van der Waals surface area contributed by atoms with Gasteiger partial charge < -0.3 is 5.32 Å². The molecule has 162 valence electrons. The van der Waals surface area contributed by atoms with Gasteiger partial charge in [-0.1, -0.05) is 29.8 Å². The molecule has 3 amide bonds. The van der Waals surface area contributed by atoms with Crippen molar-refractivity contribution in [3.63, 3.8) is 0 Å². The zero-order valence-corrected chi connectivity index (χ0v) is 17.8. The average Bonchev–Trinajstić information content (AvgIpc) is 2.92. The molecule has 1 saturated heterocycles. The van der Waals surface area contributed by atoms with Crippen LogP contribution in [0, 0.1) is 20.8 Å². The summed E-state index contributed by atoms with van der Waals surface area (Å²) in [5.74, 6) is -1.18. The number of rotatable bonds is 4. The lowest BCUT2D eigenvalue weighted by Gasteiger charge is -2.15. The van der Waals surface area contributed by atoms with Gasteiger partial charge in [-0.25, -0.2) is 0 Å². The molecule has 2 aromatic carbocycles. The van der Waals surface area contributed by atoms with E-state index in [9.17, 15) is 27.6 Å². The molecule has 1 heterocycles. The number of aryl methyl sites for hydroxylation is 3. The summed E-state index contributed by atoms with van der Waals surface area (Å²) in [5.41, 5.74) is 2.93. The minimum atomic E-state index is -4.46. The first-order valence-electron chi connectivity index (χ1n) is 9.26. The molecule has 5 nitrogen and oxygen atoms in total. The van der Waals surface area contributed by atoms with E-state index in [1.54, 1.807) is 0 Å². The lowest BCUT2D eigenvalue weighted by Crippen LogP contribution is -2.36. The third kappa shape index (κ3) is 5.16. The maximum Gasteiger partial charge on any atom is 0.416 e. The Bertz CT molecular complexity index is 1070. The molecule has 3 rings (SSSR count). The van der Waals surface area contributed by atoms with Crippen LogP contribution in [0.1, 0.15) is 27.8 Å². The predicted molar refractivity (Wildman–Crippen MR) is 113 cm³/mol. The van der Waals surface area contributed by atoms with Gasteiger partial charge in [-0.2, -0.15) is 13.2 Å². The Hall–Kier alpha value is -3.07. The van der Waals surface area contributed by atoms with Crippen LogP contribution in [-0.4, -0.2) is 28.5 Å². The average molecular weight is 448 g/mol. The summed E-state index contributed by atoms with van der Waals surface area (Å²) < 4.78 is 38.0. The molecule has 0 aromatic heterocycles. The molecule has 0 bridgehead atoms. The van der Waals surface area contributed by atoms with Crippen molar-refractivity contribution in [3.8, 4) is 0 Å². The van der Waals surface area contributed by atoms with Gasteiger partial charge in [0.1, 0.15) is 6.54 Å². The third-order valence-electron chi connectivity index (χ3n) is 4.65. The van der Waals surface area contributed by atoms with Gasteiger partial charge in [0, 0.05) is 5.69 Å². The van der Waals surface area contributed by atoms with E-state index in [1.807, 2.05) is 32.9 Å². The van der Waals surface area contributed by atoms with Crippen LogP contribution >= 0.6 is 11.8 Å². The first-order valence-corrected chi connectivity index (χ1v) is 10.1. The number of hydrogen-bond donors (Lipinski definition) is 1. The van der Waals surface area contributed by atoms with Crippen molar-refractivity contribution in [2.75, 3.05) is 11.9 Å². The van der Waals surface area contributed by atoms with Crippen molar-refractivity contribution >= 4 is 40.6 Å². The fourth-order valence-corrected chi connectivity index (χ4v) is 4.09. The Morgan fingerprint density at radius 1 is 1.06 bits per heavy atom. The number of nitrogens with one attached hydrogen (secondary N) is 1. The number of carbonyl (C=O) groups is 3. The second-order valence-electron chi connectivity index (χ2n) is 7.21. The topological polar surface area (TPSA) is 66.5 Å². The van der Waals surface area contributed by atoms with Crippen molar-refractivity contribution in [1.82, 2.24) is 4.90 Å². The Morgan fingerprint density at radius 2 is 1.65 bits per heavy atom. The number of nitrogens with zero attached hydrogens (tertiary/aromatic N) is 1. The lowest BCUT2D eigenvalue weighted by atomic mass is 10.1. The molecule has 1 aliphatic rings. The van der Waals surface area contributed by atoms with Crippen LogP contribution in [0.15, 0.2) is 41.3 Å². The second kappa shape index (κ2) is 8.58. The summed E-state index contributed by atoms with van der Waals surface area (Å²) in [6.45, 7) is 5.18. The molecular formula is C22H19F3N2O3S. The summed E-state index contributed by atoms with van der Waals surface area (Å²) >= 11 is 0.639. The number of hydrogen-bond acceptors (Lipinski definition) is 4. The van der Waals surface area contributed by atoms with Crippen molar-refractivity contribution in [3.05, 3.63) is 69.1 Å². The van der Waals surface area contributed by atoms with Crippen LogP contribution < -0.4 is 5.32 Å². The van der Waals surface area contributed by atoms with Crippen molar-refractivity contribution in [1.29, 1.82) is 0 Å². The molecule has 0 radical (unpaired) electrons. The summed E-state index contributed by atoms with van der Waals surface area (Å²) in [6, 6.07) is 8.05. The molecule has 2 aromatic rings. The van der Waals surface area contributed by atoms with Crippen LogP contribution in [0.25, 0.3) is 6.08 Å². The smallest absolute Gasteiger partial charge is 0.324 e. The zero-order valence-electron chi connectivity index (χ0n) is 17.0. The molecule has 9 heteroatoms. The predicted octanol–water partition coefficient (Wildman–Crippen LogP) is 5.31. The molecule has 31 heavy (non-hydrogen) atoms. The minimum absolute atomic E-state index is 0.0419. The number of alkyl halides is 3. The normalized spacial score (nSPS) is 15.7. The van der Waals surface area contributed by atoms with Crippen LogP contribution in [0.2, 0.25) is 0 Å². The van der Waals surface area contributed by atoms with Crippen LogP contribution in [-0.2, 0) is 15.8 Å². The van der Waals surface area contributed by atoms with Crippen LogP contribution in [0.4, 0.5) is 23.7 Å². The molecule has 0 spiro atoms. The first kappa shape index (κ1) is 22.6.